The number of nitrogens with zero attached hydrogens (tertiary/aromatic N) is 1. The number of hydrogen-bond donors (Lipinski definition) is 3. The van der Waals surface area contributed by atoms with E-state index in [0.717, 1.165) is 0 Å². The van der Waals surface area contributed by atoms with Crippen LogP contribution in [0.4, 0.5) is 0 Å². The van der Waals surface area contributed by atoms with Crippen molar-refractivity contribution in [3.8, 4) is 0 Å². The van der Waals surface area contributed by atoms with E-state index in [1.807, 2.05) is 13.8 Å². The lowest BCUT2D eigenvalue weighted by molar-refractivity contribution is -0.140. The summed E-state index contributed by atoms with van der Waals surface area (Å²) in [7, 11) is 1.51. The molecule has 1 fully saturated rings. The lowest BCUT2D eigenvalue weighted by Gasteiger charge is -2.27. The number of β-amino-alcohol motifs (C(OH)–C–C–N with tert-alkyl or cyclic N) is 1. The highest BCUT2D eigenvalue weighted by atomic mass is 35.5. The highest BCUT2D eigenvalue weighted by molar-refractivity contribution is 5.90. The first kappa shape index (κ1) is 17.2. The molecule has 0 radical (unpaired) electrons. The molecule has 0 aliphatic carbocycles. The number of likely N-dealkylation sites (tertiary alicyclic amines) is 1. The number of nitrogens with one attached hydrogen (secondary N) is 1. The fourth-order valence-electron chi connectivity index (χ4n) is 1.95. The predicted molar refractivity (Wildman–Crippen MR) is 70.3 cm³/mol. The van der Waals surface area contributed by atoms with Crippen LogP contribution in [0.1, 0.15) is 20.3 Å². The van der Waals surface area contributed by atoms with E-state index < -0.39 is 18.2 Å². The largest absolute Gasteiger partial charge is 0.391 e. The fourth-order valence-corrected chi connectivity index (χ4v) is 1.95. The summed E-state index contributed by atoms with van der Waals surface area (Å²) in [6.45, 7) is 3.88. The van der Waals surface area contributed by atoms with Crippen molar-refractivity contribution in [2.24, 2.45) is 11.7 Å². The van der Waals surface area contributed by atoms with Gasteiger partial charge >= 0.3 is 0 Å². The van der Waals surface area contributed by atoms with Gasteiger partial charge in [0.2, 0.25) is 11.8 Å². The minimum atomic E-state index is -0.652. The first-order valence-electron chi connectivity index (χ1n) is 5.84. The molecule has 0 aromatic heterocycles. The molecule has 18 heavy (non-hydrogen) atoms. The van der Waals surface area contributed by atoms with Gasteiger partial charge < -0.3 is 21.1 Å². The number of amides is 2. The summed E-state index contributed by atoms with van der Waals surface area (Å²) in [5.74, 6) is -0.526. The number of halogens is 1. The zero-order valence-corrected chi connectivity index (χ0v) is 11.7. The Morgan fingerprint density at radius 2 is 2.00 bits per heavy atom. The van der Waals surface area contributed by atoms with Gasteiger partial charge in [0.1, 0.15) is 6.04 Å². The number of carbonyl (C=O) groups excluding carboxylic acids is 2. The number of aliphatic hydroxyl groups is 1. The standard InChI is InChI=1S/C11H21N3O3.ClH/c1-6(2)9(12)11(17)14-5-7(15)4-8(14)10(16)13-3;/h6-9,15H,4-5,12H2,1-3H3,(H,13,16);1H/t7-,8+,9+;/m1./s1. The normalized spacial score (nSPS) is 24.7. The minimum absolute atomic E-state index is 0. The molecule has 0 saturated carbocycles. The zero-order valence-electron chi connectivity index (χ0n) is 10.9. The van der Waals surface area contributed by atoms with Crippen LogP contribution >= 0.6 is 12.4 Å². The van der Waals surface area contributed by atoms with Gasteiger partial charge in [-0.2, -0.15) is 0 Å². The van der Waals surface area contributed by atoms with Crippen LogP contribution in [0.3, 0.4) is 0 Å². The average molecular weight is 280 g/mol. The molecule has 1 aliphatic heterocycles. The second-order valence-electron chi connectivity index (χ2n) is 4.78. The zero-order chi connectivity index (χ0) is 13.2. The third-order valence-electron chi connectivity index (χ3n) is 3.11. The highest BCUT2D eigenvalue weighted by Crippen LogP contribution is 2.20. The van der Waals surface area contributed by atoms with Crippen molar-refractivity contribution < 1.29 is 14.7 Å². The number of hydrogen-bond acceptors (Lipinski definition) is 4. The van der Waals surface area contributed by atoms with Gasteiger partial charge in [0, 0.05) is 20.0 Å². The van der Waals surface area contributed by atoms with E-state index >= 15 is 0 Å². The van der Waals surface area contributed by atoms with Crippen LogP contribution in [0.25, 0.3) is 0 Å². The summed E-state index contributed by atoms with van der Waals surface area (Å²) in [6, 6.07) is -1.24. The minimum Gasteiger partial charge on any atom is -0.391 e. The van der Waals surface area contributed by atoms with Gasteiger partial charge in [0.25, 0.3) is 0 Å². The molecule has 0 bridgehead atoms. The van der Waals surface area contributed by atoms with Gasteiger partial charge in [-0.1, -0.05) is 13.8 Å². The van der Waals surface area contributed by atoms with Gasteiger partial charge in [-0.3, -0.25) is 9.59 Å². The Morgan fingerprint density at radius 3 is 2.44 bits per heavy atom. The second-order valence-corrected chi connectivity index (χ2v) is 4.78. The molecule has 3 atom stereocenters. The molecule has 1 heterocycles. The SMILES string of the molecule is CNC(=O)[C@@H]1C[C@@H](O)CN1C(=O)[C@@H](N)C(C)C.Cl. The van der Waals surface area contributed by atoms with Crippen molar-refractivity contribution in [3.05, 3.63) is 0 Å². The van der Waals surface area contributed by atoms with E-state index in [1.54, 1.807) is 0 Å². The number of likely N-dealkylation sites (N-methyl/N-ethyl adjacent to an activating group) is 1. The van der Waals surface area contributed by atoms with Gasteiger partial charge in [-0.05, 0) is 5.92 Å². The van der Waals surface area contributed by atoms with Crippen molar-refractivity contribution >= 4 is 24.2 Å². The molecule has 6 nitrogen and oxygen atoms in total. The van der Waals surface area contributed by atoms with Gasteiger partial charge in [-0.15, -0.1) is 12.4 Å². The van der Waals surface area contributed by atoms with Crippen LogP contribution < -0.4 is 11.1 Å². The topological polar surface area (TPSA) is 95.7 Å². The smallest absolute Gasteiger partial charge is 0.242 e. The third-order valence-corrected chi connectivity index (χ3v) is 3.11. The Kier molecular flexibility index (Phi) is 6.59. The van der Waals surface area contributed by atoms with Crippen molar-refractivity contribution in [1.29, 1.82) is 0 Å². The molecule has 0 aromatic carbocycles. The van der Waals surface area contributed by atoms with Gasteiger partial charge in [-0.25, -0.2) is 0 Å². The maximum Gasteiger partial charge on any atom is 0.242 e. The van der Waals surface area contributed by atoms with Crippen LogP contribution in [-0.2, 0) is 9.59 Å². The van der Waals surface area contributed by atoms with E-state index in [2.05, 4.69) is 5.32 Å². The van der Waals surface area contributed by atoms with Crippen LogP contribution in [0.15, 0.2) is 0 Å². The molecule has 1 saturated heterocycles. The van der Waals surface area contributed by atoms with Crippen molar-refractivity contribution in [3.63, 3.8) is 0 Å². The summed E-state index contributed by atoms with van der Waals surface area (Å²) < 4.78 is 0. The Balaban J connectivity index is 0.00000289. The molecule has 1 aliphatic rings. The first-order valence-corrected chi connectivity index (χ1v) is 5.84. The summed E-state index contributed by atoms with van der Waals surface area (Å²) >= 11 is 0. The molecule has 0 spiro atoms. The molecule has 0 unspecified atom stereocenters. The molecular formula is C11H22ClN3O3. The molecule has 4 N–H and O–H groups in total. The molecule has 7 heteroatoms. The first-order chi connectivity index (χ1) is 7.88. The highest BCUT2D eigenvalue weighted by Gasteiger charge is 2.40. The third kappa shape index (κ3) is 3.57. The summed E-state index contributed by atoms with van der Waals surface area (Å²) in [6.07, 6.45) is -0.378. The lowest BCUT2D eigenvalue weighted by Crippen LogP contribution is -2.52. The number of rotatable bonds is 3. The second kappa shape index (κ2) is 6.92. The Labute approximate surface area is 113 Å². The monoisotopic (exact) mass is 279 g/mol. The Bertz CT molecular complexity index is 312. The molecule has 0 aromatic rings. The van der Waals surface area contributed by atoms with Crippen LogP contribution in [-0.4, -0.2) is 53.6 Å². The molecule has 1 rings (SSSR count). The fraction of sp³-hybridized carbons (Fsp3) is 0.818. The number of aliphatic hydroxyl groups excluding tert-OH is 1. The number of nitrogens with two attached hydrogens (primary N) is 1. The van der Waals surface area contributed by atoms with E-state index in [1.165, 1.54) is 11.9 Å². The maximum absolute atomic E-state index is 12.1. The quantitative estimate of drug-likeness (QED) is 0.624. The average Bonchev–Trinajstić information content (AvgIpc) is 2.68. The maximum atomic E-state index is 12.1. The van der Waals surface area contributed by atoms with Crippen molar-refractivity contribution in [1.82, 2.24) is 10.2 Å². The van der Waals surface area contributed by atoms with E-state index in [0.29, 0.717) is 0 Å². The number of carbonyl (C=O) groups is 2. The lowest BCUT2D eigenvalue weighted by atomic mass is 10.0. The van der Waals surface area contributed by atoms with E-state index in [9.17, 15) is 14.7 Å². The van der Waals surface area contributed by atoms with Gasteiger partial charge in [0.05, 0.1) is 12.1 Å². The van der Waals surface area contributed by atoms with E-state index in [4.69, 9.17) is 5.73 Å². The van der Waals surface area contributed by atoms with Gasteiger partial charge in [0.15, 0.2) is 0 Å². The molecule has 106 valence electrons. The van der Waals surface area contributed by atoms with Crippen LogP contribution in [0.2, 0.25) is 0 Å². The predicted octanol–water partition coefficient (Wildman–Crippen LogP) is -0.901. The summed E-state index contributed by atoms with van der Waals surface area (Å²) in [4.78, 5) is 25.1. The summed E-state index contributed by atoms with van der Waals surface area (Å²) in [5.41, 5.74) is 5.78. The summed E-state index contributed by atoms with van der Waals surface area (Å²) in [5, 5.41) is 12.1. The van der Waals surface area contributed by atoms with Crippen molar-refractivity contribution in [2.45, 2.75) is 38.5 Å². The Hall–Kier alpha value is -0.850. The molecule has 2 amide bonds. The van der Waals surface area contributed by atoms with E-state index in [-0.39, 0.29) is 43.1 Å². The van der Waals surface area contributed by atoms with Crippen LogP contribution in [0, 0.1) is 5.92 Å². The molecular weight excluding hydrogens is 258 g/mol. The Morgan fingerprint density at radius 1 is 1.44 bits per heavy atom. The van der Waals surface area contributed by atoms with Crippen molar-refractivity contribution in [2.75, 3.05) is 13.6 Å². The van der Waals surface area contributed by atoms with Crippen LogP contribution in [0.5, 0.6) is 0 Å².